The number of hydrogen-bond acceptors (Lipinski definition) is 5. The lowest BCUT2D eigenvalue weighted by molar-refractivity contribution is -0.138. The van der Waals surface area contributed by atoms with Crippen LogP contribution < -0.4 is 10.1 Å². The van der Waals surface area contributed by atoms with Crippen LogP contribution in [0.15, 0.2) is 30.3 Å². The fraction of sp³-hybridized carbons (Fsp3) is 0.263. The van der Waals surface area contributed by atoms with E-state index in [9.17, 15) is 18.3 Å². The Labute approximate surface area is 164 Å². The number of phenolic OH excluding ortho intramolecular Hbond substituents is 1. The van der Waals surface area contributed by atoms with Gasteiger partial charge in [0, 0.05) is 11.5 Å². The monoisotopic (exact) mass is 411 g/mol. The molecule has 148 valence electrons. The van der Waals surface area contributed by atoms with Crippen molar-refractivity contribution in [1.82, 2.24) is 9.97 Å². The van der Waals surface area contributed by atoms with Crippen LogP contribution in [0.5, 0.6) is 11.5 Å². The van der Waals surface area contributed by atoms with Crippen LogP contribution in [0.25, 0.3) is 10.9 Å². The lowest BCUT2D eigenvalue weighted by atomic mass is 9.97. The third kappa shape index (κ3) is 3.77. The van der Waals surface area contributed by atoms with Gasteiger partial charge in [-0.15, -0.1) is 0 Å². The molecule has 0 saturated carbocycles. The molecule has 1 atom stereocenters. The number of halogens is 4. The predicted octanol–water partition coefficient (Wildman–Crippen LogP) is 5.50. The van der Waals surface area contributed by atoms with Crippen molar-refractivity contribution in [2.45, 2.75) is 26.1 Å². The molecule has 3 rings (SSSR count). The zero-order chi connectivity index (χ0) is 20.6. The normalized spacial score (nSPS) is 12.8. The first-order chi connectivity index (χ1) is 13.1. The Kier molecular flexibility index (Phi) is 5.25. The largest absolute Gasteiger partial charge is 0.504 e. The minimum absolute atomic E-state index is 0.0456. The van der Waals surface area contributed by atoms with Crippen LogP contribution in [0.2, 0.25) is 5.28 Å². The molecule has 2 aromatic carbocycles. The van der Waals surface area contributed by atoms with E-state index in [0.717, 1.165) is 6.07 Å². The molecule has 0 aliphatic heterocycles. The predicted molar refractivity (Wildman–Crippen MR) is 101 cm³/mol. The molecular formula is C19H17ClF3N3O2. The molecule has 1 aromatic heterocycles. The van der Waals surface area contributed by atoms with Crippen LogP contribution >= 0.6 is 11.6 Å². The minimum Gasteiger partial charge on any atom is -0.504 e. The second-order valence-electron chi connectivity index (χ2n) is 6.27. The number of nitrogens with zero attached hydrogens (tertiary/aromatic N) is 2. The SMILES string of the molecule is COc1cc2nc(Cl)nc(NC(C)c3cccc(C(F)(F)F)c3C)c2cc1O. The molecule has 0 aliphatic carbocycles. The Morgan fingerprint density at radius 2 is 1.93 bits per heavy atom. The Bertz CT molecular complexity index is 1040. The van der Waals surface area contributed by atoms with Crippen molar-refractivity contribution in [1.29, 1.82) is 0 Å². The number of alkyl halides is 3. The van der Waals surface area contributed by atoms with E-state index in [0.29, 0.717) is 16.5 Å². The molecule has 1 heterocycles. The van der Waals surface area contributed by atoms with Gasteiger partial charge in [-0.25, -0.2) is 9.97 Å². The number of phenols is 1. The Morgan fingerprint density at radius 1 is 1.21 bits per heavy atom. The third-order valence-electron chi connectivity index (χ3n) is 4.47. The summed E-state index contributed by atoms with van der Waals surface area (Å²) in [5.74, 6) is 0.388. The number of aromatic hydroxyl groups is 1. The van der Waals surface area contributed by atoms with Crippen LogP contribution in [0.1, 0.15) is 29.7 Å². The molecule has 0 spiro atoms. The Morgan fingerprint density at radius 3 is 2.57 bits per heavy atom. The lowest BCUT2D eigenvalue weighted by Gasteiger charge is -2.21. The lowest BCUT2D eigenvalue weighted by Crippen LogP contribution is -2.14. The first-order valence-corrected chi connectivity index (χ1v) is 8.67. The maximum Gasteiger partial charge on any atom is 0.416 e. The number of methoxy groups -OCH3 is 1. The molecule has 3 aromatic rings. The number of fused-ring (bicyclic) bond motifs is 1. The van der Waals surface area contributed by atoms with Gasteiger partial charge in [0.1, 0.15) is 5.82 Å². The number of ether oxygens (including phenoxy) is 1. The molecule has 0 radical (unpaired) electrons. The Balaban J connectivity index is 2.05. The zero-order valence-corrected chi connectivity index (χ0v) is 16.0. The molecule has 1 unspecified atom stereocenters. The molecule has 0 fully saturated rings. The highest BCUT2D eigenvalue weighted by atomic mass is 35.5. The summed E-state index contributed by atoms with van der Waals surface area (Å²) in [6.07, 6.45) is -4.44. The van der Waals surface area contributed by atoms with Crippen LogP contribution in [0, 0.1) is 6.92 Å². The maximum atomic E-state index is 13.2. The van der Waals surface area contributed by atoms with Gasteiger partial charge in [-0.05, 0) is 48.7 Å². The summed E-state index contributed by atoms with van der Waals surface area (Å²) in [6.45, 7) is 3.14. The van der Waals surface area contributed by atoms with Gasteiger partial charge in [0.25, 0.3) is 0 Å². The van der Waals surface area contributed by atoms with Crippen molar-refractivity contribution in [3.8, 4) is 11.5 Å². The Hall–Kier alpha value is -2.74. The van der Waals surface area contributed by atoms with E-state index in [-0.39, 0.29) is 28.2 Å². The van der Waals surface area contributed by atoms with Crippen LogP contribution in [0.3, 0.4) is 0 Å². The van der Waals surface area contributed by atoms with Gasteiger partial charge < -0.3 is 15.2 Å². The number of hydrogen-bond donors (Lipinski definition) is 2. The van der Waals surface area contributed by atoms with Crippen molar-refractivity contribution in [2.24, 2.45) is 0 Å². The average molecular weight is 412 g/mol. The van der Waals surface area contributed by atoms with E-state index >= 15 is 0 Å². The van der Waals surface area contributed by atoms with E-state index in [1.54, 1.807) is 13.0 Å². The maximum absolute atomic E-state index is 13.2. The molecular weight excluding hydrogens is 395 g/mol. The third-order valence-corrected chi connectivity index (χ3v) is 4.64. The summed E-state index contributed by atoms with van der Waals surface area (Å²) in [5.41, 5.74) is 0.330. The summed E-state index contributed by atoms with van der Waals surface area (Å²) in [4.78, 5) is 8.24. The molecule has 0 bridgehead atoms. The van der Waals surface area contributed by atoms with Crippen LogP contribution in [-0.2, 0) is 6.18 Å². The van der Waals surface area contributed by atoms with Gasteiger partial charge in [-0.3, -0.25) is 0 Å². The van der Waals surface area contributed by atoms with Gasteiger partial charge in [0.15, 0.2) is 11.5 Å². The van der Waals surface area contributed by atoms with Gasteiger partial charge in [-0.1, -0.05) is 12.1 Å². The minimum atomic E-state index is -4.44. The number of aromatic nitrogens is 2. The second kappa shape index (κ2) is 7.35. The van der Waals surface area contributed by atoms with E-state index in [1.165, 1.54) is 32.2 Å². The van der Waals surface area contributed by atoms with E-state index in [2.05, 4.69) is 15.3 Å². The second-order valence-corrected chi connectivity index (χ2v) is 6.60. The van der Waals surface area contributed by atoms with E-state index < -0.39 is 17.8 Å². The molecule has 28 heavy (non-hydrogen) atoms. The zero-order valence-electron chi connectivity index (χ0n) is 15.2. The standard InChI is InChI=1S/C19H17ClF3N3O2/c1-9-11(5-4-6-13(9)19(21,22)23)10(2)24-17-12-7-15(27)16(28-3)8-14(12)25-18(20)26-17/h4-8,10,27H,1-3H3,(H,24,25,26). The van der Waals surface area contributed by atoms with Crippen molar-refractivity contribution in [3.63, 3.8) is 0 Å². The molecule has 0 amide bonds. The highest BCUT2D eigenvalue weighted by Gasteiger charge is 2.33. The van der Waals surface area contributed by atoms with Crippen molar-refractivity contribution in [3.05, 3.63) is 52.3 Å². The van der Waals surface area contributed by atoms with Gasteiger partial charge >= 0.3 is 6.18 Å². The number of anilines is 1. The van der Waals surface area contributed by atoms with Gasteiger partial charge in [-0.2, -0.15) is 13.2 Å². The molecule has 0 saturated heterocycles. The highest BCUT2D eigenvalue weighted by molar-refractivity contribution is 6.28. The summed E-state index contributed by atoms with van der Waals surface area (Å²) in [6, 6.07) is 6.44. The van der Waals surface area contributed by atoms with E-state index in [4.69, 9.17) is 16.3 Å². The fourth-order valence-electron chi connectivity index (χ4n) is 3.10. The quantitative estimate of drug-likeness (QED) is 0.555. The van der Waals surface area contributed by atoms with E-state index in [1.807, 2.05) is 0 Å². The van der Waals surface area contributed by atoms with Gasteiger partial charge in [0.2, 0.25) is 5.28 Å². The van der Waals surface area contributed by atoms with Crippen LogP contribution in [-0.4, -0.2) is 22.2 Å². The van der Waals surface area contributed by atoms with Crippen molar-refractivity contribution in [2.75, 3.05) is 12.4 Å². The van der Waals surface area contributed by atoms with Crippen LogP contribution in [0.4, 0.5) is 19.0 Å². The first kappa shape index (κ1) is 20.0. The number of rotatable bonds is 4. The fourth-order valence-corrected chi connectivity index (χ4v) is 3.28. The number of nitrogens with one attached hydrogen (secondary N) is 1. The average Bonchev–Trinajstić information content (AvgIpc) is 2.60. The summed E-state index contributed by atoms with van der Waals surface area (Å²) in [5, 5.41) is 13.5. The molecule has 0 aliphatic rings. The molecule has 2 N–H and O–H groups in total. The van der Waals surface area contributed by atoms with Gasteiger partial charge in [0.05, 0.1) is 24.2 Å². The summed E-state index contributed by atoms with van der Waals surface area (Å²) >= 11 is 5.99. The topological polar surface area (TPSA) is 67.3 Å². The summed E-state index contributed by atoms with van der Waals surface area (Å²) in [7, 11) is 1.40. The van der Waals surface area contributed by atoms with Crippen molar-refractivity contribution >= 4 is 28.3 Å². The highest BCUT2D eigenvalue weighted by Crippen LogP contribution is 2.37. The summed E-state index contributed by atoms with van der Waals surface area (Å²) < 4.78 is 44.7. The smallest absolute Gasteiger partial charge is 0.416 e. The first-order valence-electron chi connectivity index (χ1n) is 8.29. The molecule has 9 heteroatoms. The van der Waals surface area contributed by atoms with Crippen molar-refractivity contribution < 1.29 is 23.0 Å². The number of benzene rings is 2. The molecule has 5 nitrogen and oxygen atoms in total.